The number of thiazole rings is 1. The second-order valence-electron chi connectivity index (χ2n) is 3.45. The second-order valence-corrected chi connectivity index (χ2v) is 6.33. The van der Waals surface area contributed by atoms with Gasteiger partial charge in [-0.25, -0.2) is 17.8 Å². The van der Waals surface area contributed by atoms with E-state index in [1.54, 1.807) is 12.3 Å². The standard InChI is InChI=1S/C10H8ClFN2O2S2/c1-6-5-17-10(13-6)14-18(15,16)9-7(11)3-2-4-8(9)12/h2-5H,1H3,(H,13,14). The molecule has 96 valence electrons. The summed E-state index contributed by atoms with van der Waals surface area (Å²) >= 11 is 6.83. The number of halogens is 2. The van der Waals surface area contributed by atoms with Crippen molar-refractivity contribution in [3.05, 3.63) is 40.1 Å². The Bertz CT molecular complexity index is 665. The largest absolute Gasteiger partial charge is 0.268 e. The molecule has 0 bridgehead atoms. The maximum Gasteiger partial charge on any atom is 0.268 e. The third kappa shape index (κ3) is 2.63. The van der Waals surface area contributed by atoms with Crippen molar-refractivity contribution in [3.8, 4) is 0 Å². The van der Waals surface area contributed by atoms with E-state index < -0.39 is 20.7 Å². The summed E-state index contributed by atoms with van der Waals surface area (Å²) in [5.74, 6) is -0.900. The van der Waals surface area contributed by atoms with Crippen LogP contribution in [0.5, 0.6) is 0 Å². The number of rotatable bonds is 3. The molecule has 0 amide bonds. The van der Waals surface area contributed by atoms with Gasteiger partial charge in [0.25, 0.3) is 10.0 Å². The van der Waals surface area contributed by atoms with E-state index in [0.29, 0.717) is 5.69 Å². The average molecular weight is 307 g/mol. The third-order valence-electron chi connectivity index (χ3n) is 2.03. The van der Waals surface area contributed by atoms with Crippen molar-refractivity contribution < 1.29 is 12.8 Å². The quantitative estimate of drug-likeness (QED) is 0.948. The van der Waals surface area contributed by atoms with Gasteiger partial charge < -0.3 is 0 Å². The zero-order chi connectivity index (χ0) is 13.3. The molecule has 2 rings (SSSR count). The Morgan fingerprint density at radius 3 is 2.72 bits per heavy atom. The highest BCUT2D eigenvalue weighted by Gasteiger charge is 2.23. The van der Waals surface area contributed by atoms with Crippen LogP contribution in [0.1, 0.15) is 5.69 Å². The van der Waals surface area contributed by atoms with Gasteiger partial charge in [-0.05, 0) is 19.1 Å². The smallest absolute Gasteiger partial charge is 0.254 e. The molecule has 0 saturated carbocycles. The van der Waals surface area contributed by atoms with E-state index in [2.05, 4.69) is 9.71 Å². The molecule has 0 saturated heterocycles. The highest BCUT2D eigenvalue weighted by molar-refractivity contribution is 7.93. The van der Waals surface area contributed by atoms with E-state index in [-0.39, 0.29) is 10.2 Å². The van der Waals surface area contributed by atoms with E-state index in [9.17, 15) is 12.8 Å². The molecule has 18 heavy (non-hydrogen) atoms. The third-order valence-corrected chi connectivity index (χ3v) is 4.87. The molecule has 1 heterocycles. The van der Waals surface area contributed by atoms with E-state index in [1.807, 2.05) is 0 Å². The number of nitrogens with zero attached hydrogens (tertiary/aromatic N) is 1. The van der Waals surface area contributed by atoms with Crippen molar-refractivity contribution in [1.82, 2.24) is 4.98 Å². The SMILES string of the molecule is Cc1csc(NS(=O)(=O)c2c(F)cccc2Cl)n1. The summed E-state index contributed by atoms with van der Waals surface area (Å²) in [5, 5.41) is 1.68. The van der Waals surface area contributed by atoms with Crippen LogP contribution in [0.25, 0.3) is 0 Å². The Morgan fingerprint density at radius 2 is 2.17 bits per heavy atom. The van der Waals surface area contributed by atoms with Gasteiger partial charge in [-0.3, -0.25) is 4.72 Å². The van der Waals surface area contributed by atoms with Crippen molar-refractivity contribution in [3.63, 3.8) is 0 Å². The molecule has 2 aromatic rings. The first-order chi connectivity index (χ1) is 8.40. The fourth-order valence-corrected chi connectivity index (χ4v) is 3.85. The van der Waals surface area contributed by atoms with Crippen molar-refractivity contribution in [1.29, 1.82) is 0 Å². The lowest BCUT2D eigenvalue weighted by Gasteiger charge is -2.07. The monoisotopic (exact) mass is 306 g/mol. The van der Waals surface area contributed by atoms with Crippen LogP contribution < -0.4 is 4.72 Å². The van der Waals surface area contributed by atoms with E-state index in [1.165, 1.54) is 12.1 Å². The van der Waals surface area contributed by atoms with Crippen molar-refractivity contribution in [2.45, 2.75) is 11.8 Å². The van der Waals surface area contributed by atoms with E-state index >= 15 is 0 Å². The number of sulfonamides is 1. The van der Waals surface area contributed by atoms with Gasteiger partial charge in [0.1, 0.15) is 10.7 Å². The van der Waals surface area contributed by atoms with Crippen molar-refractivity contribution in [2.24, 2.45) is 0 Å². The molecule has 0 atom stereocenters. The summed E-state index contributed by atoms with van der Waals surface area (Å²) < 4.78 is 39.7. The molecule has 1 aromatic carbocycles. The van der Waals surface area contributed by atoms with Gasteiger partial charge in [-0.2, -0.15) is 0 Å². The number of aromatic nitrogens is 1. The predicted molar refractivity (Wildman–Crippen MR) is 69.1 cm³/mol. The van der Waals surface area contributed by atoms with Gasteiger partial charge in [0.2, 0.25) is 0 Å². The zero-order valence-corrected chi connectivity index (χ0v) is 11.5. The van der Waals surface area contributed by atoms with E-state index in [4.69, 9.17) is 11.6 Å². The minimum atomic E-state index is -4.07. The molecular weight excluding hydrogens is 299 g/mol. The van der Waals surface area contributed by atoms with Crippen LogP contribution in [-0.4, -0.2) is 13.4 Å². The van der Waals surface area contributed by atoms with Crippen LogP contribution >= 0.6 is 22.9 Å². The summed E-state index contributed by atoms with van der Waals surface area (Å²) in [7, 11) is -4.07. The fraction of sp³-hybridized carbons (Fsp3) is 0.100. The van der Waals surface area contributed by atoms with Gasteiger partial charge in [0.15, 0.2) is 5.13 Å². The Balaban J connectivity index is 2.43. The maximum absolute atomic E-state index is 13.5. The number of aryl methyl sites for hydroxylation is 1. The number of hydrogen-bond acceptors (Lipinski definition) is 4. The summed E-state index contributed by atoms with van der Waals surface area (Å²) in [4.78, 5) is 3.37. The first-order valence-corrected chi connectivity index (χ1v) is 7.53. The molecule has 0 spiro atoms. The minimum absolute atomic E-state index is 0.171. The molecule has 0 radical (unpaired) electrons. The van der Waals surface area contributed by atoms with Crippen LogP contribution in [0.3, 0.4) is 0 Å². The highest BCUT2D eigenvalue weighted by atomic mass is 35.5. The molecule has 0 aliphatic heterocycles. The average Bonchev–Trinajstić information content (AvgIpc) is 2.62. The topological polar surface area (TPSA) is 59.1 Å². The fourth-order valence-electron chi connectivity index (χ4n) is 1.31. The van der Waals surface area contributed by atoms with Gasteiger partial charge >= 0.3 is 0 Å². The lowest BCUT2D eigenvalue weighted by molar-refractivity contribution is 0.570. The summed E-state index contributed by atoms with van der Waals surface area (Å²) in [6, 6.07) is 3.68. The molecule has 8 heteroatoms. The molecular formula is C10H8ClFN2O2S2. The predicted octanol–water partition coefficient (Wildman–Crippen LogP) is 3.04. The Labute approximate surface area is 112 Å². The molecule has 0 aliphatic carbocycles. The van der Waals surface area contributed by atoms with Crippen LogP contribution in [0.4, 0.5) is 9.52 Å². The first-order valence-electron chi connectivity index (χ1n) is 4.79. The number of anilines is 1. The summed E-state index contributed by atoms with van der Waals surface area (Å²) in [6.45, 7) is 1.73. The summed E-state index contributed by atoms with van der Waals surface area (Å²) in [5.41, 5.74) is 0.678. The van der Waals surface area contributed by atoms with Crippen LogP contribution in [0.15, 0.2) is 28.5 Å². The molecule has 1 N–H and O–H groups in total. The Hall–Kier alpha value is -1.18. The van der Waals surface area contributed by atoms with Gasteiger partial charge in [-0.1, -0.05) is 17.7 Å². The Morgan fingerprint density at radius 1 is 1.44 bits per heavy atom. The van der Waals surface area contributed by atoms with Crippen LogP contribution in [0, 0.1) is 12.7 Å². The number of benzene rings is 1. The number of nitrogens with one attached hydrogen (secondary N) is 1. The van der Waals surface area contributed by atoms with Gasteiger partial charge in [-0.15, -0.1) is 11.3 Å². The minimum Gasteiger partial charge on any atom is -0.254 e. The van der Waals surface area contributed by atoms with Gasteiger partial charge in [0, 0.05) is 5.38 Å². The van der Waals surface area contributed by atoms with Crippen LogP contribution in [-0.2, 0) is 10.0 Å². The lowest BCUT2D eigenvalue weighted by atomic mass is 10.3. The van der Waals surface area contributed by atoms with Crippen molar-refractivity contribution in [2.75, 3.05) is 4.72 Å². The molecule has 0 aliphatic rings. The molecule has 1 aromatic heterocycles. The first kappa shape index (κ1) is 13.3. The van der Waals surface area contributed by atoms with E-state index in [0.717, 1.165) is 17.4 Å². The maximum atomic E-state index is 13.5. The zero-order valence-electron chi connectivity index (χ0n) is 9.15. The van der Waals surface area contributed by atoms with Crippen molar-refractivity contribution >= 4 is 38.1 Å². The van der Waals surface area contributed by atoms with Crippen LogP contribution in [0.2, 0.25) is 5.02 Å². The lowest BCUT2D eigenvalue weighted by Crippen LogP contribution is -2.15. The highest BCUT2D eigenvalue weighted by Crippen LogP contribution is 2.27. The molecule has 0 unspecified atom stereocenters. The summed E-state index contributed by atoms with van der Waals surface area (Å²) in [6.07, 6.45) is 0. The second kappa shape index (κ2) is 4.83. The Kier molecular flexibility index (Phi) is 3.56. The molecule has 0 fully saturated rings. The van der Waals surface area contributed by atoms with Gasteiger partial charge in [0.05, 0.1) is 10.7 Å². The normalized spacial score (nSPS) is 11.5. The number of hydrogen-bond donors (Lipinski definition) is 1. The molecule has 4 nitrogen and oxygen atoms in total.